The number of nitrogens with zero attached hydrogens (tertiary/aromatic N) is 1. The first-order valence-electron chi connectivity index (χ1n) is 5.57. The molecule has 1 aliphatic heterocycles. The third-order valence-corrected chi connectivity index (χ3v) is 4.16. The molecule has 0 aromatic heterocycles. The van der Waals surface area contributed by atoms with Crippen LogP contribution in [0.3, 0.4) is 0 Å². The topological polar surface area (TPSA) is 29.3 Å². The van der Waals surface area contributed by atoms with E-state index in [1.807, 2.05) is 12.1 Å². The number of likely N-dealkylation sites (tertiary alicyclic amines) is 1. The van der Waals surface area contributed by atoms with E-state index in [1.165, 1.54) is 12.0 Å². The van der Waals surface area contributed by atoms with Gasteiger partial charge in [-0.2, -0.15) is 0 Å². The van der Waals surface area contributed by atoms with Gasteiger partial charge in [-0.15, -0.1) is 12.4 Å². The highest BCUT2D eigenvalue weighted by Gasteiger charge is 2.16. The van der Waals surface area contributed by atoms with E-state index in [2.05, 4.69) is 26.9 Å². The number of hydrogen-bond donors (Lipinski definition) is 1. The highest BCUT2D eigenvalue weighted by molar-refractivity contribution is 9.10. The lowest BCUT2D eigenvalue weighted by Gasteiger charge is -2.30. The molecule has 1 saturated heterocycles. The molecule has 2 rings (SSSR count). The molecule has 1 heterocycles. The lowest BCUT2D eigenvalue weighted by atomic mass is 10.1. The summed E-state index contributed by atoms with van der Waals surface area (Å²) in [7, 11) is 0. The van der Waals surface area contributed by atoms with Gasteiger partial charge in [0.15, 0.2) is 0 Å². The highest BCUT2D eigenvalue weighted by atomic mass is 79.9. The molecule has 5 heteroatoms. The van der Waals surface area contributed by atoms with E-state index in [1.54, 1.807) is 0 Å². The molecule has 0 amide bonds. The number of benzene rings is 1. The van der Waals surface area contributed by atoms with Crippen molar-refractivity contribution < 1.29 is 0 Å². The third kappa shape index (κ3) is 4.42. The third-order valence-electron chi connectivity index (χ3n) is 2.93. The van der Waals surface area contributed by atoms with Gasteiger partial charge in [0, 0.05) is 23.6 Å². The maximum atomic E-state index is 6.07. The van der Waals surface area contributed by atoms with Gasteiger partial charge < -0.3 is 5.73 Å². The molecule has 1 aromatic carbocycles. The largest absolute Gasteiger partial charge is 0.327 e. The van der Waals surface area contributed by atoms with E-state index >= 15 is 0 Å². The van der Waals surface area contributed by atoms with Gasteiger partial charge in [0.1, 0.15) is 0 Å². The van der Waals surface area contributed by atoms with Crippen LogP contribution in [0.25, 0.3) is 0 Å². The Morgan fingerprint density at radius 2 is 2.24 bits per heavy atom. The number of rotatable bonds is 2. The van der Waals surface area contributed by atoms with Crippen molar-refractivity contribution in [3.05, 3.63) is 33.3 Å². The van der Waals surface area contributed by atoms with Crippen molar-refractivity contribution in [3.8, 4) is 0 Å². The van der Waals surface area contributed by atoms with E-state index in [9.17, 15) is 0 Å². The van der Waals surface area contributed by atoms with Crippen LogP contribution in [0, 0.1) is 0 Å². The molecule has 0 saturated carbocycles. The second-order valence-corrected chi connectivity index (χ2v) is 5.65. The van der Waals surface area contributed by atoms with Gasteiger partial charge in [-0.1, -0.05) is 17.7 Å². The SMILES string of the molecule is Cl.NC1CCCN(Cc2ccc(Br)c(Cl)c2)C1. The van der Waals surface area contributed by atoms with Crippen LogP contribution in [0.15, 0.2) is 22.7 Å². The summed E-state index contributed by atoms with van der Waals surface area (Å²) in [4.78, 5) is 2.40. The Kier molecular flexibility index (Phi) is 6.24. The molecule has 0 aliphatic carbocycles. The second-order valence-electron chi connectivity index (χ2n) is 4.39. The Morgan fingerprint density at radius 3 is 2.88 bits per heavy atom. The zero-order chi connectivity index (χ0) is 11.5. The minimum Gasteiger partial charge on any atom is -0.327 e. The smallest absolute Gasteiger partial charge is 0.0551 e. The van der Waals surface area contributed by atoms with Gasteiger partial charge in [0.2, 0.25) is 0 Å². The van der Waals surface area contributed by atoms with Gasteiger partial charge in [-0.25, -0.2) is 0 Å². The normalized spacial score (nSPS) is 21.0. The molecule has 0 spiro atoms. The average Bonchev–Trinajstić information content (AvgIpc) is 2.24. The molecule has 1 fully saturated rings. The zero-order valence-electron chi connectivity index (χ0n) is 9.53. The van der Waals surface area contributed by atoms with E-state index in [0.717, 1.165) is 35.6 Å². The van der Waals surface area contributed by atoms with Gasteiger partial charge >= 0.3 is 0 Å². The fraction of sp³-hybridized carbons (Fsp3) is 0.500. The van der Waals surface area contributed by atoms with Crippen molar-refractivity contribution in [1.29, 1.82) is 0 Å². The van der Waals surface area contributed by atoms with Crippen molar-refractivity contribution in [2.45, 2.75) is 25.4 Å². The zero-order valence-corrected chi connectivity index (χ0v) is 12.7. The Balaban J connectivity index is 0.00000144. The first-order chi connectivity index (χ1) is 7.65. The Hall–Kier alpha value is 0.200. The van der Waals surface area contributed by atoms with Crippen molar-refractivity contribution in [1.82, 2.24) is 4.90 Å². The van der Waals surface area contributed by atoms with Crippen molar-refractivity contribution in [2.75, 3.05) is 13.1 Å². The van der Waals surface area contributed by atoms with E-state index in [0.29, 0.717) is 6.04 Å². The van der Waals surface area contributed by atoms with Crippen molar-refractivity contribution >= 4 is 39.9 Å². The van der Waals surface area contributed by atoms with Crippen LogP contribution in [0.1, 0.15) is 18.4 Å². The van der Waals surface area contributed by atoms with E-state index in [4.69, 9.17) is 17.3 Å². The number of halogens is 3. The van der Waals surface area contributed by atoms with Gasteiger partial charge in [0.05, 0.1) is 5.02 Å². The number of nitrogens with two attached hydrogens (primary N) is 1. The Labute approximate surface area is 122 Å². The molecule has 96 valence electrons. The fourth-order valence-electron chi connectivity index (χ4n) is 2.13. The van der Waals surface area contributed by atoms with Crippen LogP contribution < -0.4 is 5.73 Å². The molecule has 17 heavy (non-hydrogen) atoms. The summed E-state index contributed by atoms with van der Waals surface area (Å²) in [5.74, 6) is 0. The molecule has 1 atom stereocenters. The molecule has 1 unspecified atom stereocenters. The summed E-state index contributed by atoms with van der Waals surface area (Å²) in [6, 6.07) is 6.46. The van der Waals surface area contributed by atoms with E-state index < -0.39 is 0 Å². The van der Waals surface area contributed by atoms with Gasteiger partial charge in [0.25, 0.3) is 0 Å². The maximum absolute atomic E-state index is 6.07. The van der Waals surface area contributed by atoms with Crippen LogP contribution in [-0.4, -0.2) is 24.0 Å². The average molecular weight is 340 g/mol. The van der Waals surface area contributed by atoms with Crippen molar-refractivity contribution in [2.24, 2.45) is 5.73 Å². The van der Waals surface area contributed by atoms with Gasteiger partial charge in [-0.05, 0) is 53.0 Å². The Bertz CT molecular complexity index is 374. The first-order valence-corrected chi connectivity index (χ1v) is 6.74. The second kappa shape index (κ2) is 6.95. The minimum atomic E-state index is 0. The van der Waals surface area contributed by atoms with Crippen LogP contribution in [-0.2, 0) is 6.54 Å². The number of piperidine rings is 1. The fourth-order valence-corrected chi connectivity index (χ4v) is 2.58. The summed E-state index contributed by atoms with van der Waals surface area (Å²) < 4.78 is 0.952. The summed E-state index contributed by atoms with van der Waals surface area (Å²) in [5, 5.41) is 0.777. The maximum Gasteiger partial charge on any atom is 0.0551 e. The van der Waals surface area contributed by atoms with Crippen LogP contribution in [0.2, 0.25) is 5.02 Å². The lowest BCUT2D eigenvalue weighted by Crippen LogP contribution is -2.42. The highest BCUT2D eigenvalue weighted by Crippen LogP contribution is 2.24. The molecule has 1 aromatic rings. The standard InChI is InChI=1S/C12H16BrClN2.ClH/c13-11-4-3-9(6-12(11)14)7-16-5-1-2-10(15)8-16;/h3-4,6,10H,1-2,5,7-8,15H2;1H. The molecular formula is C12H17BrCl2N2. The van der Waals surface area contributed by atoms with E-state index in [-0.39, 0.29) is 12.4 Å². The molecule has 2 nitrogen and oxygen atoms in total. The Morgan fingerprint density at radius 1 is 1.47 bits per heavy atom. The van der Waals surface area contributed by atoms with Crippen LogP contribution in [0.5, 0.6) is 0 Å². The van der Waals surface area contributed by atoms with Crippen LogP contribution >= 0.6 is 39.9 Å². The summed E-state index contributed by atoms with van der Waals surface area (Å²) in [5.41, 5.74) is 7.21. The summed E-state index contributed by atoms with van der Waals surface area (Å²) in [6.07, 6.45) is 2.35. The molecule has 0 bridgehead atoms. The predicted molar refractivity (Wildman–Crippen MR) is 78.9 cm³/mol. The monoisotopic (exact) mass is 338 g/mol. The van der Waals surface area contributed by atoms with Crippen LogP contribution in [0.4, 0.5) is 0 Å². The predicted octanol–water partition coefficient (Wildman–Crippen LogP) is 3.45. The first kappa shape index (κ1) is 15.3. The number of hydrogen-bond acceptors (Lipinski definition) is 2. The molecule has 0 radical (unpaired) electrons. The lowest BCUT2D eigenvalue weighted by molar-refractivity contribution is 0.201. The minimum absolute atomic E-state index is 0. The van der Waals surface area contributed by atoms with Gasteiger partial charge in [-0.3, -0.25) is 4.90 Å². The quantitative estimate of drug-likeness (QED) is 0.894. The summed E-state index contributed by atoms with van der Waals surface area (Å²) >= 11 is 9.47. The molecule has 1 aliphatic rings. The summed E-state index contributed by atoms with van der Waals surface area (Å²) in [6.45, 7) is 3.08. The van der Waals surface area contributed by atoms with Crippen molar-refractivity contribution in [3.63, 3.8) is 0 Å². The molecule has 2 N–H and O–H groups in total. The molecular weight excluding hydrogens is 323 g/mol.